The highest BCUT2D eigenvalue weighted by Crippen LogP contribution is 2.17. The van der Waals surface area contributed by atoms with Crippen molar-refractivity contribution in [3.8, 4) is 0 Å². The molecule has 0 aliphatic carbocycles. The Labute approximate surface area is 101 Å². The molecule has 2 heterocycles. The Morgan fingerprint density at radius 1 is 1.38 bits per heavy atom. The van der Waals surface area contributed by atoms with E-state index >= 15 is 0 Å². The molecule has 0 atom stereocenters. The van der Waals surface area contributed by atoms with Gasteiger partial charge in [-0.3, -0.25) is 4.79 Å². The van der Waals surface area contributed by atoms with Gasteiger partial charge in [0.15, 0.2) is 0 Å². The van der Waals surface area contributed by atoms with Crippen LogP contribution >= 0.6 is 11.3 Å². The number of hydrogen-bond acceptors (Lipinski definition) is 2. The molecule has 0 bridgehead atoms. The molecule has 1 amide bonds. The van der Waals surface area contributed by atoms with E-state index in [-0.39, 0.29) is 5.91 Å². The van der Waals surface area contributed by atoms with E-state index in [9.17, 15) is 4.79 Å². The van der Waals surface area contributed by atoms with Gasteiger partial charge in [0.2, 0.25) is 5.91 Å². The summed E-state index contributed by atoms with van der Waals surface area (Å²) in [5, 5.41) is 2.06. The summed E-state index contributed by atoms with van der Waals surface area (Å²) in [7, 11) is 0. The highest BCUT2D eigenvalue weighted by Gasteiger charge is 2.13. The summed E-state index contributed by atoms with van der Waals surface area (Å²) < 4.78 is 0. The van der Waals surface area contributed by atoms with Crippen molar-refractivity contribution in [1.29, 1.82) is 0 Å². The molecule has 0 unspecified atom stereocenters. The summed E-state index contributed by atoms with van der Waals surface area (Å²) in [5.41, 5.74) is 1.24. The number of rotatable bonds is 2. The first-order valence-corrected chi connectivity index (χ1v) is 6.66. The molecule has 1 aliphatic rings. The number of likely N-dealkylation sites (tertiary alicyclic amines) is 1. The number of hydrogen-bond donors (Lipinski definition) is 0. The van der Waals surface area contributed by atoms with Gasteiger partial charge >= 0.3 is 0 Å². The van der Waals surface area contributed by atoms with Gasteiger partial charge in [0.25, 0.3) is 0 Å². The zero-order valence-corrected chi connectivity index (χ0v) is 10.4. The van der Waals surface area contributed by atoms with Gasteiger partial charge in [0.05, 0.1) is 0 Å². The van der Waals surface area contributed by atoms with Crippen molar-refractivity contribution in [3.63, 3.8) is 0 Å². The van der Waals surface area contributed by atoms with Crippen LogP contribution in [0.15, 0.2) is 17.5 Å². The van der Waals surface area contributed by atoms with E-state index in [1.165, 1.54) is 16.9 Å². The second kappa shape index (κ2) is 5.30. The van der Waals surface area contributed by atoms with Crippen LogP contribution < -0.4 is 0 Å². The first-order valence-electron chi connectivity index (χ1n) is 5.78. The van der Waals surface area contributed by atoms with Gasteiger partial charge in [-0.25, -0.2) is 0 Å². The number of thiophene rings is 1. The van der Waals surface area contributed by atoms with Gasteiger partial charge in [-0.15, -0.1) is 11.3 Å². The Hall–Kier alpha value is -1.09. The second-order valence-electron chi connectivity index (χ2n) is 4.19. The SMILES string of the molecule is Cc1ccsc1C=CC(=O)N1CCCCC1. The molecule has 16 heavy (non-hydrogen) atoms. The summed E-state index contributed by atoms with van der Waals surface area (Å²) >= 11 is 1.68. The zero-order chi connectivity index (χ0) is 11.4. The first kappa shape index (κ1) is 11.4. The molecular formula is C13H17NOS. The number of carbonyl (C=O) groups excluding carboxylic acids is 1. The number of aryl methyl sites for hydroxylation is 1. The van der Waals surface area contributed by atoms with Gasteiger partial charge in [0.1, 0.15) is 0 Å². The molecule has 1 aromatic heterocycles. The predicted octanol–water partition coefficient (Wildman–Crippen LogP) is 3.08. The van der Waals surface area contributed by atoms with Crippen molar-refractivity contribution in [2.24, 2.45) is 0 Å². The molecule has 1 aliphatic heterocycles. The Morgan fingerprint density at radius 3 is 2.75 bits per heavy atom. The average Bonchev–Trinajstić information content (AvgIpc) is 2.73. The normalized spacial score (nSPS) is 16.9. The number of carbonyl (C=O) groups is 1. The molecular weight excluding hydrogens is 218 g/mol. The van der Waals surface area contributed by atoms with E-state index in [1.807, 2.05) is 11.0 Å². The number of nitrogens with zero attached hydrogens (tertiary/aromatic N) is 1. The fourth-order valence-corrected chi connectivity index (χ4v) is 2.74. The number of piperidine rings is 1. The largest absolute Gasteiger partial charge is 0.339 e. The summed E-state index contributed by atoms with van der Waals surface area (Å²) in [6, 6.07) is 2.08. The Bertz CT molecular complexity index is 388. The van der Waals surface area contributed by atoms with Crippen LogP contribution in [0.4, 0.5) is 0 Å². The van der Waals surface area contributed by atoms with Crippen LogP contribution in [-0.2, 0) is 4.79 Å². The summed E-state index contributed by atoms with van der Waals surface area (Å²) in [6.45, 7) is 3.92. The molecule has 1 saturated heterocycles. The lowest BCUT2D eigenvalue weighted by Gasteiger charge is -2.25. The lowest BCUT2D eigenvalue weighted by molar-refractivity contribution is -0.126. The molecule has 2 rings (SSSR count). The van der Waals surface area contributed by atoms with Crippen molar-refractivity contribution in [2.45, 2.75) is 26.2 Å². The highest BCUT2D eigenvalue weighted by molar-refractivity contribution is 7.11. The molecule has 1 fully saturated rings. The van der Waals surface area contributed by atoms with Crippen molar-refractivity contribution < 1.29 is 4.79 Å². The van der Waals surface area contributed by atoms with Crippen LogP contribution in [0, 0.1) is 6.92 Å². The van der Waals surface area contributed by atoms with E-state index in [0.717, 1.165) is 25.9 Å². The maximum Gasteiger partial charge on any atom is 0.246 e. The molecule has 0 N–H and O–H groups in total. The van der Waals surface area contributed by atoms with Crippen LogP contribution in [0.2, 0.25) is 0 Å². The Morgan fingerprint density at radius 2 is 2.12 bits per heavy atom. The second-order valence-corrected chi connectivity index (χ2v) is 5.13. The van der Waals surface area contributed by atoms with Crippen LogP contribution in [0.1, 0.15) is 29.7 Å². The van der Waals surface area contributed by atoms with Gasteiger partial charge in [0, 0.05) is 24.0 Å². The Balaban J connectivity index is 1.96. The van der Waals surface area contributed by atoms with E-state index < -0.39 is 0 Å². The van der Waals surface area contributed by atoms with Crippen molar-refractivity contribution >= 4 is 23.3 Å². The van der Waals surface area contributed by atoms with Crippen LogP contribution in [0.5, 0.6) is 0 Å². The quantitative estimate of drug-likeness (QED) is 0.721. The third-order valence-corrected chi connectivity index (χ3v) is 3.93. The summed E-state index contributed by atoms with van der Waals surface area (Å²) in [4.78, 5) is 15.0. The molecule has 0 aromatic carbocycles. The van der Waals surface area contributed by atoms with Crippen LogP contribution in [0.25, 0.3) is 6.08 Å². The van der Waals surface area contributed by atoms with Crippen molar-refractivity contribution in [2.75, 3.05) is 13.1 Å². The fourth-order valence-electron chi connectivity index (χ4n) is 1.92. The summed E-state index contributed by atoms with van der Waals surface area (Å²) in [6.07, 6.45) is 7.22. The molecule has 0 saturated carbocycles. The molecule has 1 aromatic rings. The predicted molar refractivity (Wildman–Crippen MR) is 68.5 cm³/mol. The fraction of sp³-hybridized carbons (Fsp3) is 0.462. The smallest absolute Gasteiger partial charge is 0.246 e. The van der Waals surface area contributed by atoms with Gasteiger partial charge in [-0.05, 0) is 49.3 Å². The monoisotopic (exact) mass is 235 g/mol. The number of amides is 1. The lowest BCUT2D eigenvalue weighted by Crippen LogP contribution is -2.34. The molecule has 0 spiro atoms. The van der Waals surface area contributed by atoms with Gasteiger partial charge < -0.3 is 4.90 Å². The van der Waals surface area contributed by atoms with Crippen LogP contribution in [0.3, 0.4) is 0 Å². The Kier molecular flexibility index (Phi) is 3.78. The van der Waals surface area contributed by atoms with Crippen molar-refractivity contribution in [1.82, 2.24) is 4.90 Å². The minimum atomic E-state index is 0.160. The molecule has 86 valence electrons. The van der Waals surface area contributed by atoms with Gasteiger partial charge in [-0.2, -0.15) is 0 Å². The maximum atomic E-state index is 11.8. The standard InChI is InChI=1S/C13H17NOS/c1-11-7-10-16-12(11)5-6-13(15)14-8-3-2-4-9-14/h5-7,10H,2-4,8-9H2,1H3. The zero-order valence-electron chi connectivity index (χ0n) is 9.61. The first-order chi connectivity index (χ1) is 7.77. The minimum absolute atomic E-state index is 0.160. The molecule has 0 radical (unpaired) electrons. The van der Waals surface area contributed by atoms with E-state index in [4.69, 9.17) is 0 Å². The lowest BCUT2D eigenvalue weighted by atomic mass is 10.1. The van der Waals surface area contributed by atoms with E-state index in [0.29, 0.717) is 0 Å². The molecule has 2 nitrogen and oxygen atoms in total. The third kappa shape index (κ3) is 2.73. The van der Waals surface area contributed by atoms with E-state index in [1.54, 1.807) is 17.4 Å². The van der Waals surface area contributed by atoms with Crippen LogP contribution in [-0.4, -0.2) is 23.9 Å². The van der Waals surface area contributed by atoms with E-state index in [2.05, 4.69) is 18.4 Å². The third-order valence-electron chi connectivity index (χ3n) is 2.95. The summed E-state index contributed by atoms with van der Waals surface area (Å²) in [5.74, 6) is 0.160. The maximum absolute atomic E-state index is 11.8. The van der Waals surface area contributed by atoms with Gasteiger partial charge in [-0.1, -0.05) is 0 Å². The average molecular weight is 235 g/mol. The van der Waals surface area contributed by atoms with Crippen molar-refractivity contribution in [3.05, 3.63) is 28.0 Å². The highest BCUT2D eigenvalue weighted by atomic mass is 32.1. The molecule has 3 heteroatoms. The minimum Gasteiger partial charge on any atom is -0.339 e. The topological polar surface area (TPSA) is 20.3 Å².